The molecule has 1 aromatic heterocycles. The number of hydrogen-bond donors (Lipinski definition) is 2. The van der Waals surface area contributed by atoms with Gasteiger partial charge in [-0.2, -0.15) is 26.3 Å². The number of ether oxygens (including phenoxy) is 2. The first-order valence-corrected chi connectivity index (χ1v) is 33.9. The van der Waals surface area contributed by atoms with Crippen molar-refractivity contribution in [1.29, 1.82) is 0 Å². The standard InChI is InChI=1S/C72H84F7N9O8S.3ClH/c1-49-64(97-67(81-49)80-32-14-6-9-22-62(89)83(3)40-41-85-35-27-57(28-36-85)88(68(93)94)60-21-13-11-19-58(60)50-16-7-5-8-17-50)66(92)84(4)34-15-33-82(2)63(90)46-95-61-44-51-18-10-12-20-59(51)69(61)29-37-86(38-30-69)39-31-70(53-23-25-56(73)26-24-53)47-87(48-96-70)65(91)52-42-54(71(74,75)76)45-55(43-52)72(77,78)79;;;/h5,7-8,10-13,16-21,23-26,42-43,45,57,61H,6,9,14-15,22,27-41,44,46-48H2,1-4H3,(H,80,81)(H,93,94);3*1H/t61-,70-;;;/m0.../s1. The number of carbonyl (C=O) groups is 5. The van der Waals surface area contributed by atoms with Gasteiger partial charge in [0.2, 0.25) is 11.8 Å². The molecule has 1 aliphatic carbocycles. The average molecular weight is 1480 g/mol. The number of likely N-dealkylation sites (N-methyl/N-ethyl adjacent to an activating group) is 2. The van der Waals surface area contributed by atoms with Crippen molar-refractivity contribution in [2.45, 2.75) is 113 Å². The maximum absolute atomic E-state index is 14.3. The number of unbranched alkanes of at least 4 members (excludes halogenated alkanes) is 2. The third-order valence-corrected chi connectivity index (χ3v) is 20.7. The first-order chi connectivity index (χ1) is 46.3. The van der Waals surface area contributed by atoms with Crippen LogP contribution < -0.4 is 10.2 Å². The van der Waals surface area contributed by atoms with Crippen LogP contribution in [0.4, 0.5) is 46.3 Å². The van der Waals surface area contributed by atoms with Crippen molar-refractivity contribution in [3.8, 4) is 11.1 Å². The van der Waals surface area contributed by atoms with Gasteiger partial charge >= 0.3 is 18.4 Å². The lowest BCUT2D eigenvalue weighted by atomic mass is 9.72. The van der Waals surface area contributed by atoms with Crippen LogP contribution in [0.3, 0.4) is 0 Å². The van der Waals surface area contributed by atoms with E-state index in [2.05, 4.69) is 32.2 Å². The number of benzene rings is 5. The quantitative estimate of drug-likeness (QED) is 0.0390. The van der Waals surface area contributed by atoms with E-state index >= 15 is 0 Å². The highest BCUT2D eigenvalue weighted by Crippen LogP contribution is 2.49. The summed E-state index contributed by atoms with van der Waals surface area (Å²) in [5, 5.41) is 14.4. The topological polar surface area (TPSA) is 172 Å². The van der Waals surface area contributed by atoms with Crippen molar-refractivity contribution < 1.29 is 69.3 Å². The largest absolute Gasteiger partial charge is 0.465 e. The number of piperidine rings is 2. The van der Waals surface area contributed by atoms with Crippen LogP contribution in [0.1, 0.15) is 118 Å². The zero-order chi connectivity index (χ0) is 69.2. The highest BCUT2D eigenvalue weighted by Gasteiger charge is 2.50. The SMILES string of the molecule is Cc1nc(NCCCCCC(=O)N(C)CCN2CCC(N(C(=O)O)c3ccccc3-c3ccccc3)CC2)sc1C(=O)N(C)CCCN(C)C(=O)CO[C@H]1Cc2ccccc2C12CCN(CC[C@@]1(c3ccc(F)cc3)CN(C(=O)c3cc(C(F)(F)F)cc(C(F)(F)F)c3)CO1)CC2.Cl.Cl.Cl. The fraction of sp³-hybridized carbons (Fsp3) is 0.472. The van der Waals surface area contributed by atoms with Crippen LogP contribution in [0.5, 0.6) is 0 Å². The number of hydrogen-bond acceptors (Lipinski definition) is 12. The van der Waals surface area contributed by atoms with E-state index in [9.17, 15) is 59.8 Å². The van der Waals surface area contributed by atoms with E-state index in [1.54, 1.807) is 35.7 Å². The Balaban J connectivity index is 0.00000468. The minimum atomic E-state index is -5.15. The molecular formula is C72H87Cl3F7N9O8S. The van der Waals surface area contributed by atoms with Gasteiger partial charge in [0.25, 0.3) is 11.8 Å². The molecule has 0 bridgehead atoms. The minimum absolute atomic E-state index is 0. The van der Waals surface area contributed by atoms with E-state index in [1.807, 2.05) is 73.8 Å². The fourth-order valence-electron chi connectivity index (χ4n) is 14.0. The van der Waals surface area contributed by atoms with Gasteiger partial charge in [-0.15, -0.1) is 37.2 Å². The van der Waals surface area contributed by atoms with Crippen molar-refractivity contribution in [2.24, 2.45) is 0 Å². The van der Waals surface area contributed by atoms with Crippen molar-refractivity contribution in [2.75, 3.05) is 117 Å². The molecule has 0 radical (unpaired) electrons. The Bertz CT molecular complexity index is 3700. The normalized spacial score (nSPS) is 17.7. The number of para-hydroxylation sites is 1. The smallest absolute Gasteiger partial charge is 0.416 e. The van der Waals surface area contributed by atoms with E-state index in [4.69, 9.17) is 9.47 Å². The average Bonchev–Trinajstić information content (AvgIpc) is 1.58. The van der Waals surface area contributed by atoms with Crippen LogP contribution in [0, 0.1) is 12.7 Å². The molecule has 28 heteroatoms. The summed E-state index contributed by atoms with van der Waals surface area (Å²) in [5.41, 5.74) is 0.234. The van der Waals surface area contributed by atoms with E-state index < -0.39 is 64.6 Å². The van der Waals surface area contributed by atoms with Crippen LogP contribution in [-0.2, 0) is 48.9 Å². The summed E-state index contributed by atoms with van der Waals surface area (Å²) in [6.07, 6.45) is -4.68. The van der Waals surface area contributed by atoms with Gasteiger partial charge in [0.15, 0.2) is 5.13 Å². The van der Waals surface area contributed by atoms with Crippen molar-refractivity contribution in [3.05, 3.63) is 171 Å². The molecule has 6 aromatic rings. The molecule has 3 fully saturated rings. The molecule has 0 unspecified atom stereocenters. The van der Waals surface area contributed by atoms with Gasteiger partial charge < -0.3 is 49.3 Å². The van der Waals surface area contributed by atoms with Gasteiger partial charge in [0, 0.05) is 103 Å². The number of thiazole rings is 1. The molecule has 4 heterocycles. The number of nitrogens with zero attached hydrogens (tertiary/aromatic N) is 8. The number of likely N-dealkylation sites (tertiary alicyclic amines) is 2. The first kappa shape index (κ1) is 80.2. The Morgan fingerprint density at radius 3 is 2.01 bits per heavy atom. The van der Waals surface area contributed by atoms with Crippen LogP contribution in [0.15, 0.2) is 121 Å². The molecule has 5 aromatic carbocycles. The second-order valence-electron chi connectivity index (χ2n) is 26.0. The van der Waals surface area contributed by atoms with Gasteiger partial charge in [0.1, 0.15) is 29.6 Å². The summed E-state index contributed by atoms with van der Waals surface area (Å²) in [6.45, 7) is 6.79. The molecule has 5 amide bonds. The number of rotatable bonds is 26. The molecule has 4 aliphatic rings. The summed E-state index contributed by atoms with van der Waals surface area (Å²) >= 11 is 1.30. The number of aromatic nitrogens is 1. The third-order valence-electron chi connectivity index (χ3n) is 19.6. The molecule has 2 N–H and O–H groups in total. The van der Waals surface area contributed by atoms with Gasteiger partial charge in [0.05, 0.1) is 35.2 Å². The maximum atomic E-state index is 14.3. The van der Waals surface area contributed by atoms with Crippen LogP contribution in [0.25, 0.3) is 11.1 Å². The van der Waals surface area contributed by atoms with Crippen molar-refractivity contribution >= 4 is 89.1 Å². The van der Waals surface area contributed by atoms with E-state index in [1.165, 1.54) is 40.5 Å². The number of halogens is 10. The lowest BCUT2D eigenvalue weighted by molar-refractivity contribution is -0.143. The third kappa shape index (κ3) is 19.3. The van der Waals surface area contributed by atoms with E-state index in [0.717, 1.165) is 59.5 Å². The summed E-state index contributed by atoms with van der Waals surface area (Å²) in [7, 11) is 5.27. The molecule has 10 rings (SSSR count). The molecule has 3 saturated heterocycles. The predicted octanol–water partition coefficient (Wildman–Crippen LogP) is 14.0. The number of alkyl halides is 6. The summed E-state index contributed by atoms with van der Waals surface area (Å²) < 4.78 is 110. The first-order valence-electron chi connectivity index (χ1n) is 33.1. The second-order valence-corrected chi connectivity index (χ2v) is 27.0. The number of fused-ring (bicyclic) bond motifs is 2. The minimum Gasteiger partial charge on any atom is -0.465 e. The number of nitrogens with one attached hydrogen (secondary N) is 1. The number of anilines is 2. The molecule has 2 atom stereocenters. The van der Waals surface area contributed by atoms with Gasteiger partial charge in [-0.25, -0.2) is 14.2 Å². The zero-order valence-corrected chi connectivity index (χ0v) is 59.6. The van der Waals surface area contributed by atoms with Crippen LogP contribution in [0.2, 0.25) is 0 Å². The predicted molar refractivity (Wildman–Crippen MR) is 378 cm³/mol. The van der Waals surface area contributed by atoms with Crippen molar-refractivity contribution in [1.82, 2.24) is 34.4 Å². The number of amides is 5. The monoisotopic (exact) mass is 1480 g/mol. The lowest BCUT2D eigenvalue weighted by Crippen LogP contribution is -2.50. The lowest BCUT2D eigenvalue weighted by Gasteiger charge is -2.44. The zero-order valence-electron chi connectivity index (χ0n) is 56.3. The maximum Gasteiger partial charge on any atom is 0.416 e. The number of aryl methyl sites for hydroxylation is 1. The Morgan fingerprint density at radius 1 is 0.720 bits per heavy atom. The van der Waals surface area contributed by atoms with Gasteiger partial charge in [-0.3, -0.25) is 24.1 Å². The summed E-state index contributed by atoms with van der Waals surface area (Å²) in [6, 6.07) is 31.7. The summed E-state index contributed by atoms with van der Waals surface area (Å²) in [4.78, 5) is 84.2. The fourth-order valence-corrected chi connectivity index (χ4v) is 15.0. The van der Waals surface area contributed by atoms with Crippen molar-refractivity contribution in [3.63, 3.8) is 0 Å². The molecule has 0 saturated carbocycles. The molecule has 1 spiro atoms. The van der Waals surface area contributed by atoms with Gasteiger partial charge in [-0.1, -0.05) is 103 Å². The Hall–Kier alpha value is -7.10. The van der Waals surface area contributed by atoms with Crippen LogP contribution in [-0.4, -0.2) is 188 Å². The highest BCUT2D eigenvalue weighted by molar-refractivity contribution is 7.17. The summed E-state index contributed by atoms with van der Waals surface area (Å²) in [5.74, 6) is -1.90. The van der Waals surface area contributed by atoms with E-state index in [-0.39, 0.29) is 92.7 Å². The molecule has 3 aliphatic heterocycles. The molecular weight excluding hydrogens is 1390 g/mol. The number of carboxylic acid groups (broad SMARTS) is 1. The Labute approximate surface area is 601 Å². The number of carbonyl (C=O) groups excluding carboxylic acids is 4. The molecule has 544 valence electrons. The Kier molecular flexibility index (Phi) is 28.2. The molecule has 100 heavy (non-hydrogen) atoms. The molecule has 17 nitrogen and oxygen atoms in total. The second kappa shape index (κ2) is 35.2. The van der Waals surface area contributed by atoms with E-state index in [0.29, 0.717) is 136 Å². The Morgan fingerprint density at radius 2 is 1.34 bits per heavy atom. The highest BCUT2D eigenvalue weighted by atomic mass is 35.5. The van der Waals surface area contributed by atoms with Crippen LogP contribution >= 0.6 is 48.6 Å². The van der Waals surface area contributed by atoms with Gasteiger partial charge in [-0.05, 0) is 136 Å².